The highest BCUT2D eigenvalue weighted by Gasteiger charge is 2.80. The fraction of sp³-hybridized carbons (Fsp3) is 0.889. The van der Waals surface area contributed by atoms with Crippen LogP contribution in [0.5, 0.6) is 0 Å². The standard InChI is InChI=1S/C9H11F6NO5S2/c10-7(11,8(12,13)22(18)19)9(14,15)23(20,21)16-3-1-6(5-17)2-4-16/h5-6H,1-4H2,(H,18,19). The third-order valence-corrected chi connectivity index (χ3v) is 5.95. The molecule has 1 aliphatic rings. The van der Waals surface area contributed by atoms with Gasteiger partial charge in [-0.05, 0) is 12.8 Å². The Kier molecular flexibility index (Phi) is 5.56. The van der Waals surface area contributed by atoms with Gasteiger partial charge in [0.05, 0.1) is 0 Å². The molecular weight excluding hydrogens is 380 g/mol. The van der Waals surface area contributed by atoms with E-state index in [1.807, 2.05) is 0 Å². The van der Waals surface area contributed by atoms with Gasteiger partial charge in [-0.3, -0.25) is 0 Å². The Bertz CT molecular complexity index is 587. The fourth-order valence-electron chi connectivity index (χ4n) is 1.86. The number of nitrogens with zero attached hydrogens (tertiary/aromatic N) is 1. The number of carbonyl (C=O) groups is 1. The zero-order chi connectivity index (χ0) is 18.3. The molecule has 0 spiro atoms. The van der Waals surface area contributed by atoms with E-state index in [2.05, 4.69) is 0 Å². The van der Waals surface area contributed by atoms with Crippen molar-refractivity contribution in [3.8, 4) is 0 Å². The van der Waals surface area contributed by atoms with E-state index >= 15 is 0 Å². The monoisotopic (exact) mass is 391 g/mol. The number of piperidine rings is 1. The number of halogens is 6. The zero-order valence-electron chi connectivity index (χ0n) is 11.1. The second kappa shape index (κ2) is 6.29. The molecule has 1 aliphatic heterocycles. The number of sulfonamides is 1. The number of aldehydes is 1. The third kappa shape index (κ3) is 3.13. The summed E-state index contributed by atoms with van der Waals surface area (Å²) < 4.78 is 121. The van der Waals surface area contributed by atoms with Crippen molar-refractivity contribution in [1.29, 1.82) is 0 Å². The van der Waals surface area contributed by atoms with Gasteiger partial charge in [-0.15, -0.1) is 0 Å². The minimum Gasteiger partial charge on any atom is -0.303 e. The summed E-state index contributed by atoms with van der Waals surface area (Å²) in [5.74, 6) is -7.29. The molecule has 0 aromatic heterocycles. The highest BCUT2D eigenvalue weighted by Crippen LogP contribution is 2.50. The van der Waals surface area contributed by atoms with Crippen molar-refractivity contribution in [2.45, 2.75) is 29.3 Å². The first-order valence-corrected chi connectivity index (χ1v) is 8.47. The van der Waals surface area contributed by atoms with Crippen LogP contribution in [-0.4, -0.2) is 57.3 Å². The Balaban J connectivity index is 3.20. The second-order valence-corrected chi connectivity index (χ2v) is 7.73. The molecule has 0 bridgehead atoms. The van der Waals surface area contributed by atoms with E-state index in [0.717, 1.165) is 0 Å². The summed E-state index contributed by atoms with van der Waals surface area (Å²) in [5, 5.41) is -12.5. The first-order chi connectivity index (χ1) is 10.2. The molecule has 0 aliphatic carbocycles. The molecule has 0 aromatic rings. The molecule has 23 heavy (non-hydrogen) atoms. The van der Waals surface area contributed by atoms with Crippen molar-refractivity contribution >= 4 is 27.4 Å². The van der Waals surface area contributed by atoms with Crippen molar-refractivity contribution in [3.05, 3.63) is 0 Å². The highest BCUT2D eigenvalue weighted by atomic mass is 32.2. The molecule has 1 heterocycles. The van der Waals surface area contributed by atoms with Crippen molar-refractivity contribution in [1.82, 2.24) is 4.31 Å². The minimum atomic E-state index is -6.63. The molecule has 14 heteroatoms. The van der Waals surface area contributed by atoms with Gasteiger partial charge in [-0.25, -0.2) is 12.6 Å². The predicted octanol–water partition coefficient (Wildman–Crippen LogP) is 1.27. The fourth-order valence-corrected chi connectivity index (χ4v) is 3.74. The van der Waals surface area contributed by atoms with Gasteiger partial charge in [0.2, 0.25) is 11.1 Å². The molecule has 0 saturated carbocycles. The van der Waals surface area contributed by atoms with Crippen molar-refractivity contribution in [2.24, 2.45) is 5.92 Å². The number of hydrogen-bond donors (Lipinski definition) is 1. The Morgan fingerprint density at radius 2 is 1.52 bits per heavy atom. The maximum absolute atomic E-state index is 13.6. The summed E-state index contributed by atoms with van der Waals surface area (Å²) in [5.41, 5.74) is 0. The van der Waals surface area contributed by atoms with Crippen LogP contribution < -0.4 is 0 Å². The third-order valence-electron chi connectivity index (χ3n) is 3.31. The molecular formula is C9H11F6NO5S2. The van der Waals surface area contributed by atoms with E-state index in [-0.39, 0.29) is 17.1 Å². The lowest BCUT2D eigenvalue weighted by Gasteiger charge is -2.35. The molecule has 1 saturated heterocycles. The first kappa shape index (κ1) is 20.3. The van der Waals surface area contributed by atoms with E-state index < -0.39 is 56.5 Å². The van der Waals surface area contributed by atoms with Crippen LogP contribution in [-0.2, 0) is 25.9 Å². The van der Waals surface area contributed by atoms with Gasteiger partial charge in [-0.2, -0.15) is 30.6 Å². The van der Waals surface area contributed by atoms with Gasteiger partial charge in [0.25, 0.3) is 10.0 Å². The first-order valence-electron chi connectivity index (χ1n) is 5.93. The molecule has 0 amide bonds. The summed E-state index contributed by atoms with van der Waals surface area (Å²) >= 11 is -4.73. The SMILES string of the molecule is O=CC1CCN(S(=O)(=O)C(F)(F)C(F)(F)C(F)(F)S(=O)O)CC1. The summed E-state index contributed by atoms with van der Waals surface area (Å²) in [6.07, 6.45) is -0.0564. The van der Waals surface area contributed by atoms with Crippen LogP contribution in [0.15, 0.2) is 0 Å². The molecule has 1 rings (SSSR count). The predicted molar refractivity (Wildman–Crippen MR) is 64.9 cm³/mol. The lowest BCUT2D eigenvalue weighted by Crippen LogP contribution is -2.62. The van der Waals surface area contributed by atoms with Crippen LogP contribution in [0.4, 0.5) is 26.3 Å². The quantitative estimate of drug-likeness (QED) is 0.418. The highest BCUT2D eigenvalue weighted by molar-refractivity contribution is 7.90. The Hall–Kier alpha value is -0.730. The van der Waals surface area contributed by atoms with Gasteiger partial charge in [0.15, 0.2) is 0 Å². The van der Waals surface area contributed by atoms with Gasteiger partial charge in [0.1, 0.15) is 6.29 Å². The van der Waals surface area contributed by atoms with Crippen LogP contribution in [0.1, 0.15) is 12.8 Å². The lowest BCUT2D eigenvalue weighted by atomic mass is 10.0. The zero-order valence-corrected chi connectivity index (χ0v) is 12.7. The van der Waals surface area contributed by atoms with Crippen LogP contribution in [0.2, 0.25) is 0 Å². The maximum atomic E-state index is 13.6. The summed E-state index contributed by atoms with van der Waals surface area (Å²) in [7, 11) is -6.26. The molecule has 0 radical (unpaired) electrons. The van der Waals surface area contributed by atoms with E-state index in [1.165, 1.54) is 0 Å². The van der Waals surface area contributed by atoms with Gasteiger partial charge in [-0.1, -0.05) is 0 Å². The Morgan fingerprint density at radius 3 is 1.87 bits per heavy atom. The lowest BCUT2D eigenvalue weighted by molar-refractivity contribution is -0.245. The van der Waals surface area contributed by atoms with Crippen molar-refractivity contribution in [3.63, 3.8) is 0 Å². The van der Waals surface area contributed by atoms with E-state index in [1.54, 1.807) is 0 Å². The molecule has 1 N–H and O–H groups in total. The molecule has 1 unspecified atom stereocenters. The molecule has 0 aromatic carbocycles. The molecule has 1 fully saturated rings. The average Bonchev–Trinajstić information content (AvgIpc) is 2.46. The van der Waals surface area contributed by atoms with Gasteiger partial charge < -0.3 is 9.35 Å². The summed E-state index contributed by atoms with van der Waals surface area (Å²) in [6, 6.07) is 0. The number of carbonyl (C=O) groups excluding carboxylic acids is 1. The topological polar surface area (TPSA) is 91.8 Å². The van der Waals surface area contributed by atoms with Gasteiger partial charge >= 0.3 is 16.4 Å². The van der Waals surface area contributed by atoms with E-state index in [0.29, 0.717) is 6.29 Å². The Morgan fingerprint density at radius 1 is 1.09 bits per heavy atom. The summed E-state index contributed by atoms with van der Waals surface area (Å²) in [4.78, 5) is 10.5. The van der Waals surface area contributed by atoms with E-state index in [9.17, 15) is 43.8 Å². The van der Waals surface area contributed by atoms with Crippen LogP contribution >= 0.6 is 0 Å². The second-order valence-electron chi connectivity index (χ2n) is 4.73. The normalized spacial score (nSPS) is 21.2. The number of hydrogen-bond acceptors (Lipinski definition) is 4. The van der Waals surface area contributed by atoms with Crippen molar-refractivity contribution in [2.75, 3.05) is 13.1 Å². The van der Waals surface area contributed by atoms with Crippen LogP contribution in [0.25, 0.3) is 0 Å². The average molecular weight is 391 g/mol. The maximum Gasteiger partial charge on any atom is 0.428 e. The van der Waals surface area contributed by atoms with Crippen molar-refractivity contribution < 1.29 is 48.3 Å². The number of alkyl halides is 6. The molecule has 136 valence electrons. The largest absolute Gasteiger partial charge is 0.428 e. The summed E-state index contributed by atoms with van der Waals surface area (Å²) in [6.45, 7) is -1.49. The van der Waals surface area contributed by atoms with Crippen LogP contribution in [0, 0.1) is 5.92 Å². The smallest absolute Gasteiger partial charge is 0.303 e. The molecule has 1 atom stereocenters. The van der Waals surface area contributed by atoms with Gasteiger partial charge in [0, 0.05) is 19.0 Å². The molecule has 6 nitrogen and oxygen atoms in total. The Labute approximate surface area is 129 Å². The number of rotatable bonds is 6. The van der Waals surface area contributed by atoms with Crippen LogP contribution in [0.3, 0.4) is 0 Å². The van der Waals surface area contributed by atoms with E-state index in [4.69, 9.17) is 4.55 Å². The minimum absolute atomic E-state index is 0.142.